The Hall–Kier alpha value is -2.64. The van der Waals surface area contributed by atoms with Crippen molar-refractivity contribution in [3.63, 3.8) is 0 Å². The lowest BCUT2D eigenvalue weighted by Gasteiger charge is -2.15. The van der Waals surface area contributed by atoms with E-state index in [0.717, 1.165) is 29.2 Å². The molecular formula is C20H18N3S+. The molecular weight excluding hydrogens is 314 g/mol. The van der Waals surface area contributed by atoms with Crippen molar-refractivity contribution in [1.82, 2.24) is 0 Å². The quantitative estimate of drug-likeness (QED) is 0.522. The number of nitriles is 1. The smallest absolute Gasteiger partial charge is 0.282 e. The fourth-order valence-electron chi connectivity index (χ4n) is 3.46. The second-order valence-electron chi connectivity index (χ2n) is 5.92. The van der Waals surface area contributed by atoms with E-state index in [2.05, 4.69) is 78.0 Å². The average Bonchev–Trinajstić information content (AvgIpc) is 3.14. The summed E-state index contributed by atoms with van der Waals surface area (Å²) in [6, 6.07) is 19.2. The van der Waals surface area contributed by atoms with Crippen LogP contribution in [-0.4, -0.2) is 7.05 Å². The maximum atomic E-state index is 9.94. The number of allylic oxidation sites excluding steroid dienone is 2. The average molecular weight is 332 g/mol. The van der Waals surface area contributed by atoms with E-state index in [1.807, 2.05) is 0 Å². The molecule has 24 heavy (non-hydrogen) atoms. The molecule has 4 heteroatoms. The minimum absolute atomic E-state index is 0.789. The molecule has 0 amide bonds. The van der Waals surface area contributed by atoms with Crippen molar-refractivity contribution in [2.75, 3.05) is 11.9 Å². The summed E-state index contributed by atoms with van der Waals surface area (Å²) in [5.41, 5.74) is 5.56. The topological polar surface area (TPSA) is 30.9 Å². The van der Waals surface area contributed by atoms with Gasteiger partial charge in [-0.05, 0) is 24.6 Å². The number of fused-ring (bicyclic) bond motifs is 2. The Balaban J connectivity index is 1.94. The SMILES string of the molecule is CC[n+]1c(C(C#N)=C2Cc3ccccc3N2C)sc2ccccc21. The van der Waals surface area contributed by atoms with Gasteiger partial charge in [0.2, 0.25) is 5.52 Å². The maximum absolute atomic E-state index is 9.94. The Bertz CT molecular complexity index is 1010. The van der Waals surface area contributed by atoms with Gasteiger partial charge >= 0.3 is 0 Å². The molecule has 0 aliphatic carbocycles. The van der Waals surface area contributed by atoms with Gasteiger partial charge in [0.15, 0.2) is 5.57 Å². The highest BCUT2D eigenvalue weighted by atomic mass is 32.1. The maximum Gasteiger partial charge on any atom is 0.282 e. The number of rotatable bonds is 2. The Labute approximate surface area is 145 Å². The first kappa shape index (κ1) is 14.9. The third-order valence-electron chi connectivity index (χ3n) is 4.65. The van der Waals surface area contributed by atoms with Gasteiger partial charge in [-0.15, -0.1) is 0 Å². The monoisotopic (exact) mass is 332 g/mol. The fourth-order valence-corrected chi connectivity index (χ4v) is 4.70. The Morgan fingerprint density at radius 3 is 2.71 bits per heavy atom. The molecule has 1 aliphatic heterocycles. The lowest BCUT2D eigenvalue weighted by atomic mass is 10.1. The van der Waals surface area contributed by atoms with E-state index in [1.165, 1.54) is 21.5 Å². The molecule has 0 N–H and O–H groups in total. The molecule has 2 aromatic carbocycles. The van der Waals surface area contributed by atoms with E-state index >= 15 is 0 Å². The Kier molecular flexibility index (Phi) is 3.59. The zero-order valence-corrected chi connectivity index (χ0v) is 14.6. The summed E-state index contributed by atoms with van der Waals surface area (Å²) in [6.45, 7) is 2.99. The Morgan fingerprint density at radius 1 is 1.21 bits per heavy atom. The van der Waals surface area contributed by atoms with Crippen LogP contribution in [0.25, 0.3) is 15.8 Å². The summed E-state index contributed by atoms with van der Waals surface area (Å²) in [6.07, 6.45) is 0.813. The number of para-hydroxylation sites is 2. The van der Waals surface area contributed by atoms with Gasteiger partial charge in [-0.1, -0.05) is 41.7 Å². The third-order valence-corrected chi connectivity index (χ3v) is 5.84. The van der Waals surface area contributed by atoms with Crippen molar-refractivity contribution >= 4 is 32.8 Å². The first-order chi connectivity index (χ1) is 11.7. The lowest BCUT2D eigenvalue weighted by molar-refractivity contribution is -0.665. The van der Waals surface area contributed by atoms with Crippen molar-refractivity contribution in [2.45, 2.75) is 19.9 Å². The number of aryl methyl sites for hydroxylation is 1. The molecule has 3 aromatic rings. The number of hydrogen-bond donors (Lipinski definition) is 0. The van der Waals surface area contributed by atoms with Gasteiger partial charge in [0.05, 0.1) is 0 Å². The first-order valence-corrected chi connectivity index (χ1v) is 8.93. The van der Waals surface area contributed by atoms with Crippen molar-refractivity contribution in [3.8, 4) is 6.07 Å². The van der Waals surface area contributed by atoms with Crippen LogP contribution in [0.1, 0.15) is 17.5 Å². The highest BCUT2D eigenvalue weighted by Crippen LogP contribution is 2.37. The van der Waals surface area contributed by atoms with E-state index < -0.39 is 0 Å². The summed E-state index contributed by atoms with van der Waals surface area (Å²) >= 11 is 1.70. The van der Waals surface area contributed by atoms with Gasteiger partial charge in [0.25, 0.3) is 5.01 Å². The molecule has 0 saturated carbocycles. The van der Waals surface area contributed by atoms with Crippen molar-refractivity contribution in [3.05, 3.63) is 64.8 Å². The summed E-state index contributed by atoms with van der Waals surface area (Å²) in [5, 5.41) is 11.0. The van der Waals surface area contributed by atoms with Crippen LogP contribution in [0.4, 0.5) is 5.69 Å². The van der Waals surface area contributed by atoms with E-state index in [9.17, 15) is 5.26 Å². The third kappa shape index (κ3) is 2.13. The van der Waals surface area contributed by atoms with Crippen molar-refractivity contribution in [2.24, 2.45) is 0 Å². The zero-order chi connectivity index (χ0) is 16.7. The number of nitrogens with zero attached hydrogens (tertiary/aromatic N) is 3. The van der Waals surface area contributed by atoms with Gasteiger partial charge in [-0.25, -0.2) is 0 Å². The molecule has 0 radical (unpaired) electrons. The molecule has 2 heterocycles. The largest absolute Gasteiger partial charge is 0.346 e. The van der Waals surface area contributed by atoms with E-state index in [-0.39, 0.29) is 0 Å². The van der Waals surface area contributed by atoms with Crippen LogP contribution in [0.5, 0.6) is 0 Å². The van der Waals surface area contributed by atoms with Crippen LogP contribution in [0.3, 0.4) is 0 Å². The summed E-state index contributed by atoms with van der Waals surface area (Å²) in [5.74, 6) is 0. The minimum atomic E-state index is 0.789. The lowest BCUT2D eigenvalue weighted by Crippen LogP contribution is -2.35. The Morgan fingerprint density at radius 2 is 1.96 bits per heavy atom. The van der Waals surface area contributed by atoms with Crippen molar-refractivity contribution in [1.29, 1.82) is 5.26 Å². The van der Waals surface area contributed by atoms with Gasteiger partial charge in [0, 0.05) is 30.9 Å². The normalized spacial score (nSPS) is 15.5. The molecule has 1 aliphatic rings. The number of thiazole rings is 1. The van der Waals surface area contributed by atoms with Crippen LogP contribution in [0, 0.1) is 11.3 Å². The number of aromatic nitrogens is 1. The minimum Gasteiger partial charge on any atom is -0.346 e. The summed E-state index contributed by atoms with van der Waals surface area (Å²) in [4.78, 5) is 2.16. The number of hydrogen-bond acceptors (Lipinski definition) is 3. The van der Waals surface area contributed by atoms with Crippen LogP contribution in [-0.2, 0) is 13.0 Å². The highest BCUT2D eigenvalue weighted by molar-refractivity contribution is 7.19. The van der Waals surface area contributed by atoms with E-state index in [0.29, 0.717) is 0 Å². The van der Waals surface area contributed by atoms with Crippen LogP contribution in [0.2, 0.25) is 0 Å². The molecule has 3 nitrogen and oxygen atoms in total. The van der Waals surface area contributed by atoms with Gasteiger partial charge in [0.1, 0.15) is 17.3 Å². The van der Waals surface area contributed by atoms with Crippen LogP contribution < -0.4 is 9.47 Å². The molecule has 1 aromatic heterocycles. The summed E-state index contributed by atoms with van der Waals surface area (Å²) < 4.78 is 3.48. The van der Waals surface area contributed by atoms with E-state index in [1.54, 1.807) is 11.3 Å². The number of anilines is 1. The van der Waals surface area contributed by atoms with Gasteiger partial charge in [-0.2, -0.15) is 9.83 Å². The molecule has 118 valence electrons. The highest BCUT2D eigenvalue weighted by Gasteiger charge is 2.30. The van der Waals surface area contributed by atoms with Gasteiger partial charge < -0.3 is 4.90 Å². The molecule has 0 spiro atoms. The molecule has 0 saturated heterocycles. The molecule has 0 fully saturated rings. The zero-order valence-electron chi connectivity index (χ0n) is 13.8. The predicted octanol–water partition coefficient (Wildman–Crippen LogP) is 4.14. The second-order valence-corrected chi connectivity index (χ2v) is 6.95. The number of likely N-dealkylation sites (N-methyl/N-ethyl adjacent to an activating group) is 1. The second kappa shape index (κ2) is 5.77. The van der Waals surface area contributed by atoms with E-state index in [4.69, 9.17) is 0 Å². The molecule has 0 unspecified atom stereocenters. The number of benzene rings is 2. The van der Waals surface area contributed by atoms with Crippen LogP contribution in [0.15, 0.2) is 54.2 Å². The molecule has 4 rings (SSSR count). The fraction of sp³-hybridized carbons (Fsp3) is 0.200. The van der Waals surface area contributed by atoms with Gasteiger partial charge in [-0.3, -0.25) is 0 Å². The summed E-state index contributed by atoms with van der Waals surface area (Å²) in [7, 11) is 2.06. The predicted molar refractivity (Wildman–Crippen MR) is 98.8 cm³/mol. The van der Waals surface area contributed by atoms with Crippen LogP contribution >= 0.6 is 11.3 Å². The first-order valence-electron chi connectivity index (χ1n) is 8.11. The van der Waals surface area contributed by atoms with Crippen molar-refractivity contribution < 1.29 is 4.57 Å². The standard InChI is InChI=1S/C20H18N3S/c1-3-23-17-10-6-7-11-19(17)24-20(23)15(13-21)18-12-14-8-4-5-9-16(14)22(18)2/h4-11H,3,12H2,1-2H3/q+1. The molecule has 0 atom stereocenters. The molecule has 0 bridgehead atoms.